The lowest BCUT2D eigenvalue weighted by molar-refractivity contribution is 0.100. The van der Waals surface area contributed by atoms with E-state index in [1.54, 1.807) is 30.5 Å². The topological polar surface area (TPSA) is 93.8 Å². The van der Waals surface area contributed by atoms with E-state index < -0.39 is 11.4 Å². The van der Waals surface area contributed by atoms with Crippen LogP contribution in [0.5, 0.6) is 0 Å². The van der Waals surface area contributed by atoms with Crippen molar-refractivity contribution in [2.75, 3.05) is 5.32 Å². The van der Waals surface area contributed by atoms with Crippen molar-refractivity contribution in [1.29, 1.82) is 0 Å². The number of anilines is 1. The highest BCUT2D eigenvalue weighted by molar-refractivity contribution is 7.17. The van der Waals surface area contributed by atoms with Gasteiger partial charge in [-0.2, -0.15) is 0 Å². The molecule has 0 bridgehead atoms. The summed E-state index contributed by atoms with van der Waals surface area (Å²) in [6.07, 6.45) is 4.18. The molecule has 1 aliphatic rings. The van der Waals surface area contributed by atoms with Gasteiger partial charge in [0.1, 0.15) is 23.0 Å². The van der Waals surface area contributed by atoms with Gasteiger partial charge in [0, 0.05) is 6.20 Å². The average Bonchev–Trinajstić information content (AvgIpc) is 3.10. The van der Waals surface area contributed by atoms with Gasteiger partial charge in [0.05, 0.1) is 15.3 Å². The lowest BCUT2D eigenvalue weighted by Gasteiger charge is -2.42. The summed E-state index contributed by atoms with van der Waals surface area (Å²) >= 11 is 1.27. The maximum Gasteiger partial charge on any atom is 0.258 e. The molecule has 1 aliphatic carbocycles. The minimum Gasteiger partial charge on any atom is -0.365 e. The number of aromatic nitrogens is 3. The van der Waals surface area contributed by atoms with Crippen molar-refractivity contribution in [2.24, 2.45) is 5.73 Å². The Morgan fingerprint density at radius 3 is 2.62 bits per heavy atom. The monoisotopic (exact) mass is 369 g/mol. The fourth-order valence-corrected chi connectivity index (χ4v) is 3.90. The van der Waals surface area contributed by atoms with E-state index in [1.807, 2.05) is 6.07 Å². The van der Waals surface area contributed by atoms with E-state index in [4.69, 9.17) is 5.73 Å². The zero-order valence-corrected chi connectivity index (χ0v) is 14.6. The van der Waals surface area contributed by atoms with Crippen LogP contribution in [0.3, 0.4) is 0 Å². The van der Waals surface area contributed by atoms with Gasteiger partial charge >= 0.3 is 0 Å². The minimum absolute atomic E-state index is 0.318. The molecule has 0 unspecified atom stereocenters. The Balaban J connectivity index is 1.57. The number of amides is 1. The zero-order chi connectivity index (χ0) is 18.1. The molecule has 0 saturated heterocycles. The van der Waals surface area contributed by atoms with Gasteiger partial charge in [-0.25, -0.2) is 4.39 Å². The highest BCUT2D eigenvalue weighted by atomic mass is 32.1. The van der Waals surface area contributed by atoms with Crippen LogP contribution in [0, 0.1) is 5.82 Å². The number of nitrogens with two attached hydrogens (primary N) is 1. The summed E-state index contributed by atoms with van der Waals surface area (Å²) < 4.78 is 14.2. The molecule has 132 valence electrons. The molecule has 1 amide bonds. The summed E-state index contributed by atoms with van der Waals surface area (Å²) in [5, 5.41) is 11.7. The fourth-order valence-electron chi connectivity index (χ4n) is 3.07. The van der Waals surface area contributed by atoms with Crippen molar-refractivity contribution < 1.29 is 9.18 Å². The van der Waals surface area contributed by atoms with E-state index in [0.717, 1.165) is 24.1 Å². The number of nitrogens with zero attached hydrogens (tertiary/aromatic N) is 3. The smallest absolute Gasteiger partial charge is 0.258 e. The molecule has 6 nitrogen and oxygen atoms in total. The van der Waals surface area contributed by atoms with Crippen LogP contribution in [0.1, 0.15) is 34.6 Å². The largest absolute Gasteiger partial charge is 0.365 e. The molecule has 0 aliphatic heterocycles. The third-order valence-electron chi connectivity index (χ3n) is 4.55. The molecule has 3 heterocycles. The van der Waals surface area contributed by atoms with Crippen LogP contribution in [0.15, 0.2) is 42.6 Å². The lowest BCUT2D eigenvalue weighted by atomic mass is 9.74. The van der Waals surface area contributed by atoms with Gasteiger partial charge in [-0.3, -0.25) is 9.78 Å². The quantitative estimate of drug-likeness (QED) is 0.719. The molecule has 0 aromatic carbocycles. The first-order valence-corrected chi connectivity index (χ1v) is 9.02. The van der Waals surface area contributed by atoms with Crippen molar-refractivity contribution in [1.82, 2.24) is 15.2 Å². The molecule has 26 heavy (non-hydrogen) atoms. The van der Waals surface area contributed by atoms with Crippen molar-refractivity contribution in [3.05, 3.63) is 59.0 Å². The van der Waals surface area contributed by atoms with Crippen molar-refractivity contribution in [2.45, 2.75) is 24.8 Å². The fraction of sp³-hybridized carbons (Fsp3) is 0.222. The predicted molar refractivity (Wildman–Crippen MR) is 97.2 cm³/mol. The van der Waals surface area contributed by atoms with Crippen LogP contribution in [-0.2, 0) is 5.54 Å². The predicted octanol–water partition coefficient (Wildman–Crippen LogP) is 3.33. The number of primary amides is 1. The number of rotatable bonds is 5. The second kappa shape index (κ2) is 6.45. The molecular weight excluding hydrogens is 353 g/mol. The van der Waals surface area contributed by atoms with Crippen molar-refractivity contribution >= 4 is 23.1 Å². The first-order valence-electron chi connectivity index (χ1n) is 8.20. The summed E-state index contributed by atoms with van der Waals surface area (Å²) in [5.41, 5.74) is 5.81. The molecule has 1 saturated carbocycles. The summed E-state index contributed by atoms with van der Waals surface area (Å²) in [4.78, 5) is 16.7. The highest BCUT2D eigenvalue weighted by Gasteiger charge is 2.42. The Hall–Kier alpha value is -2.87. The van der Waals surface area contributed by atoms with Gasteiger partial charge in [-0.05, 0) is 55.7 Å². The third-order valence-corrected chi connectivity index (χ3v) is 5.67. The highest BCUT2D eigenvalue weighted by Crippen LogP contribution is 2.43. The molecule has 4 rings (SSSR count). The SMILES string of the molecule is NC(=O)c1ccc(-c2ccc(NC3(c4ncccc4F)CCC3)nn2)s1. The maximum atomic E-state index is 14.2. The number of hydrogen-bond donors (Lipinski definition) is 2. The molecule has 3 aromatic heterocycles. The Bertz CT molecular complexity index is 952. The van der Waals surface area contributed by atoms with Crippen LogP contribution in [0.2, 0.25) is 0 Å². The van der Waals surface area contributed by atoms with Gasteiger partial charge in [0.15, 0.2) is 0 Å². The van der Waals surface area contributed by atoms with E-state index in [0.29, 0.717) is 22.1 Å². The van der Waals surface area contributed by atoms with Crippen molar-refractivity contribution in [3.63, 3.8) is 0 Å². The summed E-state index contributed by atoms with van der Waals surface area (Å²) in [6, 6.07) is 10.1. The molecular formula is C18H16FN5OS. The minimum atomic E-state index is -0.538. The van der Waals surface area contributed by atoms with E-state index in [2.05, 4.69) is 20.5 Å². The van der Waals surface area contributed by atoms with E-state index in [-0.39, 0.29) is 5.82 Å². The zero-order valence-electron chi connectivity index (χ0n) is 13.8. The number of hydrogen-bond acceptors (Lipinski definition) is 6. The van der Waals surface area contributed by atoms with Gasteiger partial charge in [-0.1, -0.05) is 0 Å². The van der Waals surface area contributed by atoms with Gasteiger partial charge in [0.2, 0.25) is 0 Å². The number of carbonyl (C=O) groups is 1. The molecule has 3 N–H and O–H groups in total. The Kier molecular flexibility index (Phi) is 4.12. The molecule has 8 heteroatoms. The Labute approximate surface area is 153 Å². The van der Waals surface area contributed by atoms with E-state index in [9.17, 15) is 9.18 Å². The second-order valence-corrected chi connectivity index (χ2v) is 7.31. The van der Waals surface area contributed by atoms with Crippen LogP contribution in [0.4, 0.5) is 10.2 Å². The molecule has 3 aromatic rings. The summed E-state index contributed by atoms with van der Waals surface area (Å²) in [5.74, 6) is -0.219. The van der Waals surface area contributed by atoms with E-state index >= 15 is 0 Å². The summed E-state index contributed by atoms with van der Waals surface area (Å²) in [6.45, 7) is 0. The molecule has 0 spiro atoms. The second-order valence-electron chi connectivity index (χ2n) is 6.23. The number of halogens is 1. The Morgan fingerprint density at radius 1 is 1.19 bits per heavy atom. The first kappa shape index (κ1) is 16.6. The number of pyridine rings is 1. The summed E-state index contributed by atoms with van der Waals surface area (Å²) in [7, 11) is 0. The number of carbonyl (C=O) groups excluding carboxylic acids is 1. The van der Waals surface area contributed by atoms with Crippen LogP contribution in [-0.4, -0.2) is 21.1 Å². The van der Waals surface area contributed by atoms with Crippen LogP contribution in [0.25, 0.3) is 10.6 Å². The van der Waals surface area contributed by atoms with Crippen LogP contribution < -0.4 is 11.1 Å². The normalized spacial score (nSPS) is 15.3. The van der Waals surface area contributed by atoms with Crippen LogP contribution >= 0.6 is 11.3 Å². The maximum absolute atomic E-state index is 14.2. The van der Waals surface area contributed by atoms with Gasteiger partial charge in [0.25, 0.3) is 5.91 Å². The van der Waals surface area contributed by atoms with E-state index in [1.165, 1.54) is 17.4 Å². The molecule has 0 atom stereocenters. The third kappa shape index (κ3) is 2.92. The van der Waals surface area contributed by atoms with Crippen molar-refractivity contribution in [3.8, 4) is 10.6 Å². The Morgan fingerprint density at radius 2 is 2.04 bits per heavy atom. The lowest BCUT2D eigenvalue weighted by Crippen LogP contribution is -2.43. The number of nitrogens with one attached hydrogen (secondary N) is 1. The number of thiophene rings is 1. The van der Waals surface area contributed by atoms with Gasteiger partial charge < -0.3 is 11.1 Å². The average molecular weight is 369 g/mol. The standard InChI is InChI=1S/C18H16FN5OS/c19-11-3-1-10-21-16(11)18(8-2-9-18)22-15-7-4-12(23-24-15)13-5-6-14(26-13)17(20)25/h1,3-7,10H,2,8-9H2,(H2,20,25)(H,22,24). The first-order chi connectivity index (χ1) is 12.6. The van der Waals surface area contributed by atoms with Gasteiger partial charge in [-0.15, -0.1) is 21.5 Å². The molecule has 1 fully saturated rings. The molecule has 0 radical (unpaired) electrons.